The van der Waals surface area contributed by atoms with E-state index in [0.717, 1.165) is 25.9 Å². The predicted octanol–water partition coefficient (Wildman–Crippen LogP) is 4.89. The lowest BCUT2D eigenvalue weighted by molar-refractivity contribution is -0.132. The lowest BCUT2D eigenvalue weighted by atomic mass is 9.60. The van der Waals surface area contributed by atoms with Gasteiger partial charge >= 0.3 is 0 Å². The minimum atomic E-state index is 0.110. The molecule has 3 fully saturated rings. The zero-order valence-electron chi connectivity index (χ0n) is 16.6. The molecule has 4 heteroatoms. The minimum absolute atomic E-state index is 0.110. The van der Waals surface area contributed by atoms with Crippen LogP contribution in [0.15, 0.2) is 53.3 Å². The Balaban J connectivity index is 1.29. The normalized spacial score (nSPS) is 25.6. The second-order valence-corrected chi connectivity index (χ2v) is 8.94. The molecule has 2 aliphatic heterocycles. The van der Waals surface area contributed by atoms with Crippen molar-refractivity contribution in [3.8, 4) is 0 Å². The molecule has 1 spiro atoms. The van der Waals surface area contributed by atoms with Crippen molar-refractivity contribution < 1.29 is 9.21 Å². The van der Waals surface area contributed by atoms with Gasteiger partial charge in [0.2, 0.25) is 0 Å². The average Bonchev–Trinajstić information content (AvgIpc) is 3.28. The molecule has 0 bridgehead atoms. The highest BCUT2D eigenvalue weighted by Crippen LogP contribution is 2.58. The lowest BCUT2D eigenvalue weighted by Gasteiger charge is -2.63. The molecule has 28 heavy (non-hydrogen) atoms. The molecule has 0 N–H and O–H groups in total. The third kappa shape index (κ3) is 3.08. The van der Waals surface area contributed by atoms with Crippen molar-refractivity contribution >= 4 is 5.91 Å². The Hall–Kier alpha value is -2.07. The molecule has 1 aliphatic carbocycles. The van der Waals surface area contributed by atoms with E-state index in [0.29, 0.717) is 23.1 Å². The van der Waals surface area contributed by atoms with Crippen LogP contribution in [0.25, 0.3) is 0 Å². The number of likely N-dealkylation sites (tertiary alicyclic amines) is 2. The molecule has 3 heterocycles. The van der Waals surface area contributed by atoms with Crippen molar-refractivity contribution in [2.45, 2.75) is 57.0 Å². The smallest absolute Gasteiger partial charge is 0.257 e. The van der Waals surface area contributed by atoms with Gasteiger partial charge in [-0.3, -0.25) is 9.69 Å². The number of carbonyl (C=O) groups excluding carboxylic acids is 1. The Labute approximate surface area is 167 Å². The first-order valence-corrected chi connectivity index (χ1v) is 10.9. The van der Waals surface area contributed by atoms with Crippen LogP contribution in [0.4, 0.5) is 0 Å². The van der Waals surface area contributed by atoms with Crippen LogP contribution in [-0.2, 0) is 0 Å². The van der Waals surface area contributed by atoms with E-state index in [-0.39, 0.29) is 5.91 Å². The summed E-state index contributed by atoms with van der Waals surface area (Å²) < 4.78 is 5.08. The molecular formula is C24H30N2O2. The molecule has 1 aromatic heterocycles. The SMILES string of the molecule is O=C(c1ccoc1)N1CCC(N2CC3(CCCCC3)C2c2ccccc2)CC1. The monoisotopic (exact) mass is 378 g/mol. The molecule has 5 rings (SSSR count). The highest BCUT2D eigenvalue weighted by molar-refractivity contribution is 5.93. The van der Waals surface area contributed by atoms with Gasteiger partial charge in [0.15, 0.2) is 0 Å². The molecule has 148 valence electrons. The fourth-order valence-corrected chi connectivity index (χ4v) is 5.96. The first-order valence-electron chi connectivity index (χ1n) is 10.9. The summed E-state index contributed by atoms with van der Waals surface area (Å²) in [5, 5.41) is 0. The maximum atomic E-state index is 12.6. The highest BCUT2D eigenvalue weighted by Gasteiger charge is 2.54. The van der Waals surface area contributed by atoms with Crippen LogP contribution in [0, 0.1) is 5.41 Å². The van der Waals surface area contributed by atoms with Crippen LogP contribution in [0.3, 0.4) is 0 Å². The van der Waals surface area contributed by atoms with E-state index in [2.05, 4.69) is 35.2 Å². The summed E-state index contributed by atoms with van der Waals surface area (Å²) in [5.41, 5.74) is 2.65. The molecule has 1 saturated carbocycles. The number of benzene rings is 1. The number of nitrogens with zero attached hydrogens (tertiary/aromatic N) is 2. The summed E-state index contributed by atoms with van der Waals surface area (Å²) in [5.74, 6) is 0.110. The van der Waals surface area contributed by atoms with Crippen molar-refractivity contribution in [3.05, 3.63) is 60.1 Å². The molecule has 3 aliphatic rings. The average molecular weight is 379 g/mol. The zero-order chi connectivity index (χ0) is 19.0. The molecule has 1 atom stereocenters. The van der Waals surface area contributed by atoms with Gasteiger partial charge in [0.25, 0.3) is 5.91 Å². The number of furan rings is 1. The van der Waals surface area contributed by atoms with Gasteiger partial charge in [-0.15, -0.1) is 0 Å². The van der Waals surface area contributed by atoms with Gasteiger partial charge < -0.3 is 9.32 Å². The number of rotatable bonds is 3. The Morgan fingerprint density at radius 3 is 2.43 bits per heavy atom. The van der Waals surface area contributed by atoms with Crippen LogP contribution in [-0.4, -0.2) is 41.4 Å². The van der Waals surface area contributed by atoms with E-state index >= 15 is 0 Å². The predicted molar refractivity (Wildman–Crippen MR) is 109 cm³/mol. The van der Waals surface area contributed by atoms with Crippen LogP contribution < -0.4 is 0 Å². The Morgan fingerprint density at radius 2 is 1.75 bits per heavy atom. The fourth-order valence-electron chi connectivity index (χ4n) is 5.96. The molecule has 2 aromatic rings. The molecule has 1 amide bonds. The highest BCUT2D eigenvalue weighted by atomic mass is 16.3. The summed E-state index contributed by atoms with van der Waals surface area (Å²) in [7, 11) is 0. The molecule has 0 radical (unpaired) electrons. The van der Waals surface area contributed by atoms with Gasteiger partial charge in [0.1, 0.15) is 6.26 Å². The third-order valence-electron chi connectivity index (χ3n) is 7.36. The Kier molecular flexibility index (Phi) is 4.75. The van der Waals surface area contributed by atoms with Gasteiger partial charge in [0.05, 0.1) is 11.8 Å². The second-order valence-electron chi connectivity index (χ2n) is 8.94. The summed E-state index contributed by atoms with van der Waals surface area (Å²) >= 11 is 0. The van der Waals surface area contributed by atoms with Gasteiger partial charge in [-0.05, 0) is 37.3 Å². The maximum Gasteiger partial charge on any atom is 0.257 e. The van der Waals surface area contributed by atoms with Crippen molar-refractivity contribution in [1.82, 2.24) is 9.80 Å². The van der Waals surface area contributed by atoms with E-state index in [1.807, 2.05) is 4.90 Å². The molecule has 2 saturated heterocycles. The summed E-state index contributed by atoms with van der Waals surface area (Å²) in [6.07, 6.45) is 12.2. The zero-order valence-corrected chi connectivity index (χ0v) is 16.6. The van der Waals surface area contributed by atoms with Crippen LogP contribution in [0.1, 0.15) is 66.9 Å². The van der Waals surface area contributed by atoms with E-state index < -0.39 is 0 Å². The molecular weight excluding hydrogens is 348 g/mol. The molecule has 1 unspecified atom stereocenters. The number of hydrogen-bond acceptors (Lipinski definition) is 3. The number of hydrogen-bond donors (Lipinski definition) is 0. The van der Waals surface area contributed by atoms with Crippen LogP contribution in [0.5, 0.6) is 0 Å². The Morgan fingerprint density at radius 1 is 1.00 bits per heavy atom. The van der Waals surface area contributed by atoms with Crippen molar-refractivity contribution in [2.24, 2.45) is 5.41 Å². The third-order valence-corrected chi connectivity index (χ3v) is 7.36. The van der Waals surface area contributed by atoms with E-state index in [4.69, 9.17) is 4.42 Å². The molecule has 4 nitrogen and oxygen atoms in total. The first-order chi connectivity index (χ1) is 13.8. The second kappa shape index (κ2) is 7.40. The van der Waals surface area contributed by atoms with Gasteiger partial charge in [-0.1, -0.05) is 49.6 Å². The Bertz CT molecular complexity index is 787. The number of carbonyl (C=O) groups is 1. The quantitative estimate of drug-likeness (QED) is 0.763. The number of amides is 1. The first kappa shape index (κ1) is 18.0. The fraction of sp³-hybridized carbons (Fsp3) is 0.542. The van der Waals surface area contributed by atoms with Gasteiger partial charge in [-0.25, -0.2) is 0 Å². The van der Waals surface area contributed by atoms with E-state index in [1.165, 1.54) is 44.2 Å². The van der Waals surface area contributed by atoms with Gasteiger partial charge in [0, 0.05) is 37.1 Å². The van der Waals surface area contributed by atoms with Crippen LogP contribution in [0.2, 0.25) is 0 Å². The topological polar surface area (TPSA) is 36.7 Å². The lowest BCUT2D eigenvalue weighted by Crippen LogP contribution is -2.63. The van der Waals surface area contributed by atoms with Crippen molar-refractivity contribution in [2.75, 3.05) is 19.6 Å². The van der Waals surface area contributed by atoms with Crippen molar-refractivity contribution in [1.29, 1.82) is 0 Å². The van der Waals surface area contributed by atoms with Gasteiger partial charge in [-0.2, -0.15) is 0 Å². The van der Waals surface area contributed by atoms with E-state index in [1.54, 1.807) is 18.6 Å². The maximum absolute atomic E-state index is 12.6. The van der Waals surface area contributed by atoms with Crippen molar-refractivity contribution in [3.63, 3.8) is 0 Å². The minimum Gasteiger partial charge on any atom is -0.472 e. The number of piperidine rings is 1. The summed E-state index contributed by atoms with van der Waals surface area (Å²) in [6, 6.07) is 14.1. The summed E-state index contributed by atoms with van der Waals surface area (Å²) in [4.78, 5) is 17.4. The largest absolute Gasteiger partial charge is 0.472 e. The molecule has 1 aromatic carbocycles. The van der Waals surface area contributed by atoms with Crippen LogP contribution >= 0.6 is 0 Å². The standard InChI is InChI=1S/C24H30N2O2/c27-23(20-11-16-28-17-20)25-14-9-21(10-15-25)26-18-24(12-5-2-6-13-24)22(26)19-7-3-1-4-8-19/h1,3-4,7-8,11,16-17,21-22H,2,5-6,9-10,12-15,18H2. The van der Waals surface area contributed by atoms with E-state index in [9.17, 15) is 4.79 Å². The summed E-state index contributed by atoms with van der Waals surface area (Å²) in [6.45, 7) is 2.94.